The lowest BCUT2D eigenvalue weighted by molar-refractivity contribution is 0.450. The fraction of sp³-hybridized carbons (Fsp3) is 0.429. The lowest BCUT2D eigenvalue weighted by atomic mass is 10.1. The Morgan fingerprint density at radius 3 is 2.31 bits per heavy atom. The van der Waals surface area contributed by atoms with E-state index in [2.05, 4.69) is 13.0 Å². The van der Waals surface area contributed by atoms with Crippen LogP contribution in [0.25, 0.3) is 6.08 Å². The lowest BCUT2D eigenvalue weighted by Gasteiger charge is -1.98. The molecule has 2 heteroatoms. The van der Waals surface area contributed by atoms with Crippen molar-refractivity contribution in [3.05, 3.63) is 29.8 Å². The van der Waals surface area contributed by atoms with Gasteiger partial charge in [0.1, 0.15) is 11.5 Å². The van der Waals surface area contributed by atoms with Crippen LogP contribution < -0.4 is 0 Å². The van der Waals surface area contributed by atoms with E-state index in [1.165, 1.54) is 31.7 Å². The third kappa shape index (κ3) is 4.87. The molecule has 0 bridgehead atoms. The topological polar surface area (TPSA) is 40.5 Å². The summed E-state index contributed by atoms with van der Waals surface area (Å²) in [4.78, 5) is 0. The molecule has 0 spiro atoms. The summed E-state index contributed by atoms with van der Waals surface area (Å²) in [6.07, 6.45) is 10.1. The molecule has 0 unspecified atom stereocenters. The van der Waals surface area contributed by atoms with Gasteiger partial charge in [0.2, 0.25) is 0 Å². The number of unbranched alkanes of at least 4 members (excludes halogenated alkanes) is 4. The van der Waals surface area contributed by atoms with Crippen LogP contribution in [-0.2, 0) is 0 Å². The van der Waals surface area contributed by atoms with E-state index in [1.807, 2.05) is 6.08 Å². The zero-order valence-electron chi connectivity index (χ0n) is 9.82. The zero-order valence-corrected chi connectivity index (χ0v) is 9.82. The summed E-state index contributed by atoms with van der Waals surface area (Å²) in [5, 5.41) is 18.5. The molecule has 0 radical (unpaired) electrons. The van der Waals surface area contributed by atoms with Crippen molar-refractivity contribution in [1.82, 2.24) is 0 Å². The molecule has 0 fully saturated rings. The molecule has 0 aliphatic heterocycles. The van der Waals surface area contributed by atoms with E-state index in [-0.39, 0.29) is 11.5 Å². The second-order valence-electron chi connectivity index (χ2n) is 4.03. The van der Waals surface area contributed by atoms with Gasteiger partial charge in [0.25, 0.3) is 0 Å². The third-order valence-corrected chi connectivity index (χ3v) is 2.46. The van der Waals surface area contributed by atoms with Gasteiger partial charge < -0.3 is 10.2 Å². The van der Waals surface area contributed by atoms with Crippen LogP contribution >= 0.6 is 0 Å². The average Bonchev–Trinajstić information content (AvgIpc) is 2.22. The maximum atomic E-state index is 9.27. The van der Waals surface area contributed by atoms with Crippen LogP contribution in [0.1, 0.15) is 44.6 Å². The zero-order chi connectivity index (χ0) is 11.8. The number of aromatic hydroxyl groups is 2. The Bertz CT molecular complexity index is 322. The molecule has 0 saturated carbocycles. The van der Waals surface area contributed by atoms with Crippen molar-refractivity contribution in [2.75, 3.05) is 0 Å². The van der Waals surface area contributed by atoms with Gasteiger partial charge in [-0.3, -0.25) is 0 Å². The maximum absolute atomic E-state index is 9.27. The first-order chi connectivity index (χ1) is 7.72. The second kappa shape index (κ2) is 6.94. The van der Waals surface area contributed by atoms with E-state index in [1.54, 1.807) is 12.1 Å². The molecule has 1 rings (SSSR count). The molecule has 0 aromatic heterocycles. The van der Waals surface area contributed by atoms with Gasteiger partial charge in [0.15, 0.2) is 0 Å². The van der Waals surface area contributed by atoms with Gasteiger partial charge in [-0.25, -0.2) is 0 Å². The number of rotatable bonds is 6. The van der Waals surface area contributed by atoms with Crippen LogP contribution in [0.4, 0.5) is 0 Å². The van der Waals surface area contributed by atoms with Crippen LogP contribution in [0, 0.1) is 0 Å². The highest BCUT2D eigenvalue weighted by atomic mass is 16.3. The predicted molar refractivity (Wildman–Crippen MR) is 67.6 cm³/mol. The number of allylic oxidation sites excluding steroid dienone is 1. The van der Waals surface area contributed by atoms with Crippen LogP contribution in [0.15, 0.2) is 24.3 Å². The van der Waals surface area contributed by atoms with Gasteiger partial charge >= 0.3 is 0 Å². The Labute approximate surface area is 97.2 Å². The molecule has 0 atom stereocenters. The summed E-state index contributed by atoms with van der Waals surface area (Å²) in [6.45, 7) is 2.20. The monoisotopic (exact) mass is 220 g/mol. The Morgan fingerprint density at radius 1 is 1.00 bits per heavy atom. The van der Waals surface area contributed by atoms with Crippen LogP contribution in [-0.4, -0.2) is 10.2 Å². The molecule has 2 N–H and O–H groups in total. The third-order valence-electron chi connectivity index (χ3n) is 2.46. The van der Waals surface area contributed by atoms with E-state index in [0.29, 0.717) is 0 Å². The Morgan fingerprint density at radius 2 is 1.69 bits per heavy atom. The molecule has 88 valence electrons. The minimum absolute atomic E-state index is 0.102. The van der Waals surface area contributed by atoms with Gasteiger partial charge in [-0.2, -0.15) is 0 Å². The Kier molecular flexibility index (Phi) is 5.48. The Balaban J connectivity index is 2.37. The minimum atomic E-state index is 0.102. The van der Waals surface area contributed by atoms with Gasteiger partial charge in [0, 0.05) is 6.07 Å². The number of benzene rings is 1. The number of phenolic OH excluding ortho intramolecular Hbond substituents is 2. The number of phenols is 2. The van der Waals surface area contributed by atoms with Gasteiger partial charge in [-0.15, -0.1) is 0 Å². The number of hydrogen-bond donors (Lipinski definition) is 2. The molecule has 0 aliphatic carbocycles. The van der Waals surface area contributed by atoms with Crippen molar-refractivity contribution in [2.45, 2.75) is 39.0 Å². The first-order valence-corrected chi connectivity index (χ1v) is 5.92. The molecule has 1 aromatic carbocycles. The van der Waals surface area contributed by atoms with Crippen LogP contribution in [0.2, 0.25) is 0 Å². The Hall–Kier alpha value is -1.44. The van der Waals surface area contributed by atoms with Gasteiger partial charge in [-0.1, -0.05) is 38.3 Å². The molecule has 0 saturated heterocycles. The summed E-state index contributed by atoms with van der Waals surface area (Å²) in [5.41, 5.74) is 0.841. The normalized spacial score (nSPS) is 11.1. The molecule has 2 nitrogen and oxygen atoms in total. The molecule has 16 heavy (non-hydrogen) atoms. The van der Waals surface area contributed by atoms with Crippen molar-refractivity contribution >= 4 is 6.08 Å². The van der Waals surface area contributed by atoms with Crippen molar-refractivity contribution in [3.63, 3.8) is 0 Å². The van der Waals surface area contributed by atoms with Crippen molar-refractivity contribution in [1.29, 1.82) is 0 Å². The SMILES string of the molecule is CCCCCC/C=C/c1cc(O)cc(O)c1. The number of hydrogen-bond acceptors (Lipinski definition) is 2. The van der Waals surface area contributed by atoms with E-state index < -0.39 is 0 Å². The van der Waals surface area contributed by atoms with E-state index in [0.717, 1.165) is 12.0 Å². The van der Waals surface area contributed by atoms with Crippen LogP contribution in [0.5, 0.6) is 11.5 Å². The van der Waals surface area contributed by atoms with Gasteiger partial charge in [0.05, 0.1) is 0 Å². The molecule has 0 heterocycles. The highest BCUT2D eigenvalue weighted by Crippen LogP contribution is 2.21. The second-order valence-corrected chi connectivity index (χ2v) is 4.03. The van der Waals surface area contributed by atoms with Crippen LogP contribution in [0.3, 0.4) is 0 Å². The van der Waals surface area contributed by atoms with E-state index in [9.17, 15) is 10.2 Å². The van der Waals surface area contributed by atoms with E-state index >= 15 is 0 Å². The lowest BCUT2D eigenvalue weighted by Crippen LogP contribution is -1.75. The first-order valence-electron chi connectivity index (χ1n) is 5.92. The summed E-state index contributed by atoms with van der Waals surface area (Å²) in [7, 11) is 0. The van der Waals surface area contributed by atoms with Crippen molar-refractivity contribution in [2.24, 2.45) is 0 Å². The highest BCUT2D eigenvalue weighted by molar-refractivity contribution is 5.54. The fourth-order valence-electron chi connectivity index (χ4n) is 1.62. The molecular weight excluding hydrogens is 200 g/mol. The standard InChI is InChI=1S/C14H20O2/c1-2-3-4-5-6-7-8-12-9-13(15)11-14(16)10-12/h7-11,15-16H,2-6H2,1H3/b8-7+. The summed E-state index contributed by atoms with van der Waals surface area (Å²) >= 11 is 0. The summed E-state index contributed by atoms with van der Waals surface area (Å²) in [6, 6.07) is 4.61. The van der Waals surface area contributed by atoms with Gasteiger partial charge in [-0.05, 0) is 30.5 Å². The molecule has 1 aromatic rings. The smallest absolute Gasteiger partial charge is 0.119 e. The first kappa shape index (κ1) is 12.6. The summed E-state index contributed by atoms with van der Waals surface area (Å²) in [5.74, 6) is 0.205. The molecular formula is C14H20O2. The molecule has 0 amide bonds. The van der Waals surface area contributed by atoms with Crippen molar-refractivity contribution in [3.8, 4) is 11.5 Å². The van der Waals surface area contributed by atoms with E-state index in [4.69, 9.17) is 0 Å². The van der Waals surface area contributed by atoms with Crippen molar-refractivity contribution < 1.29 is 10.2 Å². The molecule has 0 aliphatic rings. The largest absolute Gasteiger partial charge is 0.508 e. The highest BCUT2D eigenvalue weighted by Gasteiger charge is 1.95. The predicted octanol–water partition coefficient (Wildman–Crippen LogP) is 4.08. The maximum Gasteiger partial charge on any atom is 0.119 e. The quantitative estimate of drug-likeness (QED) is 0.709. The average molecular weight is 220 g/mol. The minimum Gasteiger partial charge on any atom is -0.508 e. The fourth-order valence-corrected chi connectivity index (χ4v) is 1.62. The summed E-state index contributed by atoms with van der Waals surface area (Å²) < 4.78 is 0.